The molecule has 0 bridgehead atoms. The summed E-state index contributed by atoms with van der Waals surface area (Å²) in [5.41, 5.74) is -1.01. The molecule has 12 heteroatoms. The second kappa shape index (κ2) is 11.8. The lowest BCUT2D eigenvalue weighted by molar-refractivity contribution is 0.0445. The van der Waals surface area contributed by atoms with Crippen molar-refractivity contribution < 1.29 is 32.0 Å². The third-order valence-corrected chi connectivity index (χ3v) is 5.24. The first-order valence-corrected chi connectivity index (χ1v) is 11.2. The molecule has 2 aromatic carbocycles. The van der Waals surface area contributed by atoms with Gasteiger partial charge in [-0.05, 0) is 31.2 Å². The van der Waals surface area contributed by atoms with Crippen LogP contribution in [-0.2, 0) is 14.9 Å². The summed E-state index contributed by atoms with van der Waals surface area (Å²) in [5, 5.41) is 37.2. The van der Waals surface area contributed by atoms with E-state index in [2.05, 4.69) is 0 Å². The molecule has 0 amide bonds. The lowest BCUT2D eigenvalue weighted by Crippen LogP contribution is -2.22. The van der Waals surface area contributed by atoms with E-state index < -0.39 is 21.0 Å². The molecule has 0 unspecified atom stereocenters. The summed E-state index contributed by atoms with van der Waals surface area (Å²) < 4.78 is 48.2. The average molecular weight is 492 g/mol. The molecule has 0 saturated carbocycles. The van der Waals surface area contributed by atoms with E-state index in [1.807, 2.05) is 0 Å². The molecule has 0 atom stereocenters. The first-order chi connectivity index (χ1) is 16.7. The Kier molecular flexibility index (Phi) is 8.91. The fraction of sp³-hybridized carbons (Fsp3) is 0.174. The van der Waals surface area contributed by atoms with Crippen molar-refractivity contribution in [1.29, 1.82) is 21.0 Å². The van der Waals surface area contributed by atoms with E-state index in [0.717, 1.165) is 12.1 Å². The van der Waals surface area contributed by atoms with Gasteiger partial charge in [-0.2, -0.15) is 29.5 Å². The zero-order valence-corrected chi connectivity index (χ0v) is 19.0. The maximum atomic E-state index is 12.3. The van der Waals surface area contributed by atoms with Gasteiger partial charge >= 0.3 is 5.97 Å². The standard InChI is InChI=1S/C23H16N4O7S/c1-2-32-20-9-19(16(13-26)14-27)21(10-18(20)15(11-24)12-25)33-7-8-34-23(28)17-5-3-4-6-22(17)35(29,30)31/h3-6,9-10H,2,7-8H2,1H3,(H,29,30,31). The van der Waals surface area contributed by atoms with Gasteiger partial charge in [0.15, 0.2) is 0 Å². The number of carbonyl (C=O) groups excluding carboxylic acids is 1. The molecule has 176 valence electrons. The first-order valence-electron chi connectivity index (χ1n) is 9.74. The summed E-state index contributed by atoms with van der Waals surface area (Å²) in [6, 6.07) is 14.4. The van der Waals surface area contributed by atoms with E-state index in [4.69, 9.17) is 14.2 Å². The minimum absolute atomic E-state index is 0.0282. The fourth-order valence-electron chi connectivity index (χ4n) is 2.86. The van der Waals surface area contributed by atoms with E-state index in [1.54, 1.807) is 31.2 Å². The Labute approximate surface area is 200 Å². The molecule has 35 heavy (non-hydrogen) atoms. The van der Waals surface area contributed by atoms with Gasteiger partial charge in [-0.1, -0.05) is 12.1 Å². The number of carbonyl (C=O) groups is 1. The van der Waals surface area contributed by atoms with Crippen LogP contribution in [0, 0.1) is 45.3 Å². The number of hydrogen-bond donors (Lipinski definition) is 1. The Hall–Kier alpha value is -4.88. The van der Waals surface area contributed by atoms with Gasteiger partial charge in [0, 0.05) is 10.4 Å². The number of ether oxygens (including phenoxy) is 3. The number of nitrogens with zero attached hydrogens (tertiary/aromatic N) is 4. The topological polar surface area (TPSA) is 194 Å². The van der Waals surface area contributed by atoms with Gasteiger partial charge in [-0.15, -0.1) is 0 Å². The van der Waals surface area contributed by atoms with E-state index in [9.17, 15) is 38.8 Å². The molecule has 0 saturated heterocycles. The third kappa shape index (κ3) is 6.34. The predicted molar refractivity (Wildman–Crippen MR) is 118 cm³/mol. The molecule has 0 aliphatic rings. The number of esters is 1. The van der Waals surface area contributed by atoms with Crippen LogP contribution in [0.4, 0.5) is 0 Å². The van der Waals surface area contributed by atoms with Crippen molar-refractivity contribution in [2.75, 3.05) is 19.8 Å². The third-order valence-electron chi connectivity index (χ3n) is 4.33. The highest BCUT2D eigenvalue weighted by Gasteiger charge is 2.21. The fourth-order valence-corrected chi connectivity index (χ4v) is 3.54. The van der Waals surface area contributed by atoms with Gasteiger partial charge in [0.25, 0.3) is 10.1 Å². The molecule has 2 aromatic rings. The van der Waals surface area contributed by atoms with Crippen molar-refractivity contribution in [3.8, 4) is 35.8 Å². The molecule has 0 heterocycles. The molecule has 0 spiro atoms. The van der Waals surface area contributed by atoms with Crippen LogP contribution in [0.15, 0.2) is 41.3 Å². The van der Waals surface area contributed by atoms with Gasteiger partial charge in [0.2, 0.25) is 0 Å². The molecule has 0 aliphatic heterocycles. The summed E-state index contributed by atoms with van der Waals surface area (Å²) in [4.78, 5) is 11.7. The molecule has 0 fully saturated rings. The monoisotopic (exact) mass is 492 g/mol. The summed E-state index contributed by atoms with van der Waals surface area (Å²) in [6.07, 6.45) is 0. The number of rotatable bonds is 8. The maximum Gasteiger partial charge on any atom is 0.339 e. The zero-order chi connectivity index (χ0) is 26.0. The van der Waals surface area contributed by atoms with E-state index >= 15 is 0 Å². The van der Waals surface area contributed by atoms with Crippen LogP contribution in [0.25, 0.3) is 11.1 Å². The normalized spacial score (nSPS) is 10.0. The van der Waals surface area contributed by atoms with Crippen LogP contribution < -0.4 is 19.9 Å². The minimum atomic E-state index is -4.66. The highest BCUT2D eigenvalue weighted by atomic mass is 32.2. The van der Waals surface area contributed by atoms with E-state index in [0.29, 0.717) is 0 Å². The maximum absolute atomic E-state index is 12.3. The van der Waals surface area contributed by atoms with Crippen LogP contribution in [0.5, 0.6) is 11.5 Å². The summed E-state index contributed by atoms with van der Waals surface area (Å²) in [5.74, 6) is -1.01. The second-order valence-corrected chi connectivity index (χ2v) is 7.82. The van der Waals surface area contributed by atoms with Gasteiger partial charge in [-0.25, -0.2) is 4.79 Å². The summed E-state index contributed by atoms with van der Waals surface area (Å²) in [7, 11) is -4.66. The molecular formula is C23H16N4O7S. The van der Waals surface area contributed by atoms with Crippen molar-refractivity contribution >= 4 is 27.2 Å². The van der Waals surface area contributed by atoms with Crippen LogP contribution in [0.1, 0.15) is 17.3 Å². The smallest absolute Gasteiger partial charge is 0.339 e. The second-order valence-electron chi connectivity index (χ2n) is 6.43. The Morgan fingerprint density at radius 1 is 0.886 bits per heavy atom. The van der Waals surface area contributed by atoms with Crippen LogP contribution in [-0.4, -0.2) is 38.8 Å². The Bertz CT molecular complexity index is 1520. The molecule has 0 radical (unpaired) electrons. The highest BCUT2D eigenvalue weighted by molar-refractivity contribution is 7.86. The van der Waals surface area contributed by atoms with Crippen molar-refractivity contribution in [3.05, 3.63) is 52.4 Å². The molecule has 0 aromatic heterocycles. The Balaban J connectivity index is 2.40. The quantitative estimate of drug-likeness (QED) is 0.313. The molecule has 11 nitrogen and oxygen atoms in total. The van der Waals surface area contributed by atoms with E-state index in [-0.39, 0.29) is 58.5 Å². The van der Waals surface area contributed by atoms with Crippen LogP contribution in [0.2, 0.25) is 0 Å². The predicted octanol–water partition coefficient (Wildman–Crippen LogP) is 0.964. The highest BCUT2D eigenvalue weighted by Crippen LogP contribution is 2.16. The lowest BCUT2D eigenvalue weighted by Gasteiger charge is -2.12. The molecule has 0 aliphatic carbocycles. The van der Waals surface area contributed by atoms with E-state index in [1.165, 1.54) is 24.3 Å². The van der Waals surface area contributed by atoms with Crippen molar-refractivity contribution in [2.24, 2.45) is 0 Å². The van der Waals surface area contributed by atoms with Crippen molar-refractivity contribution in [2.45, 2.75) is 11.8 Å². The number of hydrogen-bond acceptors (Lipinski definition) is 10. The van der Waals surface area contributed by atoms with Gasteiger partial charge in [0.05, 0.1) is 12.2 Å². The Morgan fingerprint density at radius 3 is 1.89 bits per heavy atom. The number of nitriles is 4. The van der Waals surface area contributed by atoms with Crippen molar-refractivity contribution in [3.63, 3.8) is 0 Å². The molecular weight excluding hydrogens is 476 g/mol. The van der Waals surface area contributed by atoms with Gasteiger partial charge < -0.3 is 14.2 Å². The molecule has 1 N–H and O–H groups in total. The molecule has 2 rings (SSSR count). The minimum Gasteiger partial charge on any atom is -0.493 e. The van der Waals surface area contributed by atoms with Crippen LogP contribution >= 0.6 is 0 Å². The SMILES string of the molecule is CCOc1cc(=C(C#N)C#N)c(OCCOC(=O)c2ccccc2S(=O)(=O)O)cc1=C(C#N)C#N. The summed E-state index contributed by atoms with van der Waals surface area (Å²) >= 11 is 0. The number of benzene rings is 2. The van der Waals surface area contributed by atoms with Crippen LogP contribution in [0.3, 0.4) is 0 Å². The lowest BCUT2D eigenvalue weighted by atomic mass is 10.1. The average Bonchev–Trinajstić information content (AvgIpc) is 2.84. The van der Waals surface area contributed by atoms with Crippen molar-refractivity contribution in [1.82, 2.24) is 0 Å². The summed E-state index contributed by atoms with van der Waals surface area (Å²) in [6.45, 7) is 1.15. The zero-order valence-electron chi connectivity index (χ0n) is 18.2. The van der Waals surface area contributed by atoms with Gasteiger partial charge in [0.1, 0.15) is 65.0 Å². The Morgan fingerprint density at radius 2 is 1.40 bits per heavy atom. The largest absolute Gasteiger partial charge is 0.493 e. The van der Waals surface area contributed by atoms with Gasteiger partial charge in [-0.3, -0.25) is 4.55 Å². The first kappa shape index (κ1) is 26.4.